The molecule has 0 saturated heterocycles. The van der Waals surface area contributed by atoms with Gasteiger partial charge in [0.15, 0.2) is 0 Å². The summed E-state index contributed by atoms with van der Waals surface area (Å²) in [7, 11) is 0. The molecule has 0 radical (unpaired) electrons. The second kappa shape index (κ2) is 18.3. The molecule has 0 aromatic heterocycles. The Hall–Kier alpha value is -0.650. The van der Waals surface area contributed by atoms with Crippen LogP contribution in [0.1, 0.15) is 0 Å². The molecule has 0 aromatic carbocycles. The van der Waals surface area contributed by atoms with Gasteiger partial charge in [-0.3, -0.25) is 10.6 Å². The molecule has 5 nitrogen and oxygen atoms in total. The van der Waals surface area contributed by atoms with E-state index in [1.54, 1.807) is 0 Å². The summed E-state index contributed by atoms with van der Waals surface area (Å²) in [5, 5.41) is 14.5. The molecule has 7 heavy (non-hydrogen) atoms. The molecule has 0 aliphatic heterocycles. The van der Waals surface area contributed by atoms with Gasteiger partial charge in [-0.1, -0.05) is 0 Å². The third kappa shape index (κ3) is 490. The normalized spacial score (nSPS) is 6.00. The van der Waals surface area contributed by atoms with Crippen molar-refractivity contribution in [2.24, 2.45) is 5.84 Å². The third-order valence-corrected chi connectivity index (χ3v) is 0.0913. The standard InChI is InChI=1S/CH6N2O.CH2O2/c2-3-1-4;2-1-3/h3-4H,1-2H2;1H,(H,2,3). The van der Waals surface area contributed by atoms with Gasteiger partial charge in [0.05, 0.1) is 0 Å². The van der Waals surface area contributed by atoms with E-state index in [0.717, 1.165) is 0 Å². The van der Waals surface area contributed by atoms with Crippen LogP contribution in [0.2, 0.25) is 0 Å². The Kier molecular flexibility index (Phi) is 25.2. The molecule has 0 rings (SSSR count). The summed E-state index contributed by atoms with van der Waals surface area (Å²) in [6.07, 6.45) is 0. The molecule has 0 amide bonds. The van der Waals surface area contributed by atoms with Crippen LogP contribution in [0.25, 0.3) is 0 Å². The SMILES string of the molecule is NNCO.O=CO. The summed E-state index contributed by atoms with van der Waals surface area (Å²) in [6, 6.07) is 0. The Labute approximate surface area is 40.7 Å². The summed E-state index contributed by atoms with van der Waals surface area (Å²) in [4.78, 5) is 8.36. The number of hydrogen-bond acceptors (Lipinski definition) is 4. The zero-order valence-electron chi connectivity index (χ0n) is 3.66. The smallest absolute Gasteiger partial charge is 0.290 e. The van der Waals surface area contributed by atoms with Gasteiger partial charge in [-0.05, 0) is 0 Å². The van der Waals surface area contributed by atoms with Gasteiger partial charge in [0, 0.05) is 0 Å². The molecule has 0 fully saturated rings. The van der Waals surface area contributed by atoms with Crippen molar-refractivity contribution in [3.8, 4) is 0 Å². The summed E-state index contributed by atoms with van der Waals surface area (Å²) in [5.41, 5.74) is 1.99. The fourth-order valence-corrected chi connectivity index (χ4v) is 0. The lowest BCUT2D eigenvalue weighted by molar-refractivity contribution is -0.122. The molecule has 0 bridgehead atoms. The van der Waals surface area contributed by atoms with E-state index in [-0.39, 0.29) is 13.2 Å². The number of nitrogens with two attached hydrogens (primary N) is 1. The van der Waals surface area contributed by atoms with Crippen LogP contribution in [-0.4, -0.2) is 23.4 Å². The number of hydrogen-bond donors (Lipinski definition) is 4. The number of aliphatic hydroxyl groups excluding tert-OH is 1. The molecule has 0 spiro atoms. The van der Waals surface area contributed by atoms with Crippen LogP contribution < -0.4 is 11.3 Å². The van der Waals surface area contributed by atoms with E-state index in [1.807, 2.05) is 5.43 Å². The van der Waals surface area contributed by atoms with E-state index >= 15 is 0 Å². The van der Waals surface area contributed by atoms with Gasteiger partial charge in [-0.25, -0.2) is 5.43 Å². The van der Waals surface area contributed by atoms with E-state index in [1.165, 1.54) is 0 Å². The highest BCUT2D eigenvalue weighted by atomic mass is 16.3. The van der Waals surface area contributed by atoms with Crippen LogP contribution in [0.4, 0.5) is 0 Å². The topological polar surface area (TPSA) is 95.6 Å². The largest absolute Gasteiger partial charge is 0.483 e. The Morgan fingerprint density at radius 2 is 2.00 bits per heavy atom. The first kappa shape index (κ1) is 9.61. The average molecular weight is 108 g/mol. The van der Waals surface area contributed by atoms with E-state index in [0.29, 0.717) is 0 Å². The lowest BCUT2D eigenvalue weighted by atomic mass is 11.4. The van der Waals surface area contributed by atoms with Crippen molar-refractivity contribution in [1.82, 2.24) is 5.43 Å². The van der Waals surface area contributed by atoms with E-state index in [4.69, 9.17) is 15.0 Å². The van der Waals surface area contributed by atoms with Gasteiger partial charge >= 0.3 is 0 Å². The summed E-state index contributed by atoms with van der Waals surface area (Å²) >= 11 is 0. The number of carboxylic acid groups (broad SMARTS) is 1. The molecule has 44 valence electrons. The Balaban J connectivity index is 0. The fraction of sp³-hybridized carbons (Fsp3) is 0.500. The molecule has 0 heterocycles. The first-order valence-corrected chi connectivity index (χ1v) is 1.45. The van der Waals surface area contributed by atoms with Crippen LogP contribution in [0.15, 0.2) is 0 Å². The fourth-order valence-electron chi connectivity index (χ4n) is 0. The Morgan fingerprint density at radius 1 is 1.86 bits per heavy atom. The number of carbonyl (C=O) groups is 1. The van der Waals surface area contributed by atoms with Crippen LogP contribution in [0, 0.1) is 0 Å². The average Bonchev–Trinajstić information content (AvgIpc) is 1.69. The lowest BCUT2D eigenvalue weighted by Crippen LogP contribution is -2.21. The van der Waals surface area contributed by atoms with Crippen molar-refractivity contribution in [3.63, 3.8) is 0 Å². The highest BCUT2D eigenvalue weighted by Crippen LogP contribution is 1.18. The number of aliphatic hydroxyl groups is 1. The quantitative estimate of drug-likeness (QED) is 0.136. The maximum absolute atomic E-state index is 8.36. The van der Waals surface area contributed by atoms with Crippen LogP contribution >= 0.6 is 0 Å². The van der Waals surface area contributed by atoms with Crippen molar-refractivity contribution >= 4 is 6.47 Å². The zero-order valence-corrected chi connectivity index (χ0v) is 3.66. The number of rotatable bonds is 1. The van der Waals surface area contributed by atoms with E-state index in [9.17, 15) is 0 Å². The van der Waals surface area contributed by atoms with Gasteiger partial charge < -0.3 is 10.2 Å². The zero-order chi connectivity index (χ0) is 6.12. The van der Waals surface area contributed by atoms with Crippen molar-refractivity contribution in [1.29, 1.82) is 0 Å². The van der Waals surface area contributed by atoms with Gasteiger partial charge in [-0.2, -0.15) is 0 Å². The maximum atomic E-state index is 8.36. The third-order valence-electron chi connectivity index (χ3n) is 0.0913. The highest BCUT2D eigenvalue weighted by Gasteiger charge is 1.50. The molecular weight excluding hydrogens is 100 g/mol. The minimum Gasteiger partial charge on any atom is -0.483 e. The lowest BCUT2D eigenvalue weighted by Gasteiger charge is -1.77. The Morgan fingerprint density at radius 3 is 2.00 bits per heavy atom. The molecule has 0 unspecified atom stereocenters. The van der Waals surface area contributed by atoms with Gasteiger partial charge in [-0.15, -0.1) is 0 Å². The predicted octanol–water partition coefficient (Wildman–Crippen LogP) is -1.90. The summed E-state index contributed by atoms with van der Waals surface area (Å²) < 4.78 is 0. The van der Waals surface area contributed by atoms with Crippen LogP contribution in [0.3, 0.4) is 0 Å². The van der Waals surface area contributed by atoms with Gasteiger partial charge in [0.1, 0.15) is 6.73 Å². The minimum atomic E-state index is -0.250. The molecule has 0 saturated carbocycles. The van der Waals surface area contributed by atoms with E-state index < -0.39 is 0 Å². The maximum Gasteiger partial charge on any atom is 0.290 e. The highest BCUT2D eigenvalue weighted by molar-refractivity contribution is 5.32. The van der Waals surface area contributed by atoms with Crippen molar-refractivity contribution < 1.29 is 15.0 Å². The molecular formula is C2H8N2O3. The second-order valence-electron chi connectivity index (χ2n) is 0.468. The first-order chi connectivity index (χ1) is 3.33. The monoisotopic (exact) mass is 108 g/mol. The molecule has 0 aliphatic rings. The van der Waals surface area contributed by atoms with Crippen LogP contribution in [-0.2, 0) is 4.79 Å². The molecule has 0 aliphatic carbocycles. The van der Waals surface area contributed by atoms with Gasteiger partial charge in [0.25, 0.3) is 6.47 Å². The molecule has 5 N–H and O–H groups in total. The molecule has 0 aromatic rings. The summed E-state index contributed by atoms with van der Waals surface area (Å²) in [6.45, 7) is -0.403. The first-order valence-electron chi connectivity index (χ1n) is 1.45. The van der Waals surface area contributed by atoms with Crippen molar-refractivity contribution in [3.05, 3.63) is 0 Å². The number of hydrazine groups is 1. The van der Waals surface area contributed by atoms with Crippen molar-refractivity contribution in [2.75, 3.05) is 6.73 Å². The minimum absolute atomic E-state index is 0.153. The molecule has 0 atom stereocenters. The molecule has 5 heteroatoms. The van der Waals surface area contributed by atoms with E-state index in [2.05, 4.69) is 5.84 Å². The number of nitrogens with one attached hydrogen (secondary N) is 1. The Bertz CT molecular complexity index is 30.1. The van der Waals surface area contributed by atoms with Crippen LogP contribution in [0.5, 0.6) is 0 Å². The predicted molar refractivity (Wildman–Crippen MR) is 23.1 cm³/mol. The second-order valence-corrected chi connectivity index (χ2v) is 0.468. The summed E-state index contributed by atoms with van der Waals surface area (Å²) in [5.74, 6) is 4.53. The van der Waals surface area contributed by atoms with Crippen molar-refractivity contribution in [2.45, 2.75) is 0 Å². The van der Waals surface area contributed by atoms with Gasteiger partial charge in [0.2, 0.25) is 0 Å².